The minimum absolute atomic E-state index is 0.0575. The van der Waals surface area contributed by atoms with Gasteiger partial charge in [0.15, 0.2) is 5.82 Å². The summed E-state index contributed by atoms with van der Waals surface area (Å²) in [4.78, 5) is 0.790. The number of aromatic nitrogens is 4. The van der Waals surface area contributed by atoms with E-state index < -0.39 is 0 Å². The molecule has 2 N–H and O–H groups in total. The summed E-state index contributed by atoms with van der Waals surface area (Å²) in [5, 5.41) is 13.5. The van der Waals surface area contributed by atoms with Gasteiger partial charge >= 0.3 is 0 Å². The van der Waals surface area contributed by atoms with Crippen molar-refractivity contribution in [2.75, 3.05) is 7.11 Å². The predicted molar refractivity (Wildman–Crippen MR) is 59.0 cm³/mol. The first-order chi connectivity index (χ1) is 7.79. The SMILES string of the molecule is COCc1nnc2sc(C(N)C3CC3)nn12. The lowest BCUT2D eigenvalue weighted by Crippen LogP contribution is -2.12. The minimum atomic E-state index is 0.0575. The van der Waals surface area contributed by atoms with E-state index in [1.165, 1.54) is 24.2 Å². The van der Waals surface area contributed by atoms with Crippen LogP contribution in [0.15, 0.2) is 0 Å². The third kappa shape index (κ3) is 1.60. The number of fused-ring (bicyclic) bond motifs is 1. The Bertz CT molecular complexity index is 503. The van der Waals surface area contributed by atoms with Gasteiger partial charge in [0, 0.05) is 7.11 Å². The number of methoxy groups -OCH3 is 1. The Morgan fingerprint density at radius 3 is 3.06 bits per heavy atom. The van der Waals surface area contributed by atoms with Crippen LogP contribution in [-0.4, -0.2) is 26.9 Å². The Balaban J connectivity index is 1.95. The van der Waals surface area contributed by atoms with Crippen LogP contribution in [0.25, 0.3) is 4.96 Å². The van der Waals surface area contributed by atoms with Crippen molar-refractivity contribution in [1.82, 2.24) is 19.8 Å². The van der Waals surface area contributed by atoms with Crippen molar-refractivity contribution in [2.24, 2.45) is 11.7 Å². The largest absolute Gasteiger partial charge is 0.377 e. The standard InChI is InChI=1S/C9H13N5OS/c1-15-4-6-11-12-9-14(6)13-8(16-9)7(10)5-2-3-5/h5,7H,2-4,10H2,1H3. The molecule has 0 bridgehead atoms. The number of nitrogens with zero attached hydrogens (tertiary/aromatic N) is 4. The van der Waals surface area contributed by atoms with Gasteiger partial charge in [-0.05, 0) is 18.8 Å². The molecular weight excluding hydrogens is 226 g/mol. The topological polar surface area (TPSA) is 78.3 Å². The van der Waals surface area contributed by atoms with Crippen LogP contribution < -0.4 is 5.73 Å². The Hall–Kier alpha value is -1.05. The highest BCUT2D eigenvalue weighted by atomic mass is 32.1. The lowest BCUT2D eigenvalue weighted by molar-refractivity contribution is 0.176. The molecule has 0 aromatic carbocycles. The predicted octanol–water partition coefficient (Wildman–Crippen LogP) is 0.742. The molecule has 0 saturated heterocycles. The fourth-order valence-electron chi connectivity index (χ4n) is 1.68. The molecule has 2 heterocycles. The third-order valence-corrected chi connectivity index (χ3v) is 3.76. The van der Waals surface area contributed by atoms with Crippen molar-refractivity contribution in [1.29, 1.82) is 0 Å². The van der Waals surface area contributed by atoms with E-state index in [2.05, 4.69) is 15.3 Å². The molecule has 1 saturated carbocycles. The molecule has 2 aromatic rings. The minimum Gasteiger partial charge on any atom is -0.377 e. The molecule has 86 valence electrons. The molecule has 1 atom stereocenters. The zero-order valence-electron chi connectivity index (χ0n) is 8.96. The van der Waals surface area contributed by atoms with Gasteiger partial charge in [0.25, 0.3) is 0 Å². The van der Waals surface area contributed by atoms with Gasteiger partial charge in [0.1, 0.15) is 11.6 Å². The van der Waals surface area contributed by atoms with Crippen LogP contribution >= 0.6 is 11.3 Å². The van der Waals surface area contributed by atoms with E-state index >= 15 is 0 Å². The summed E-state index contributed by atoms with van der Waals surface area (Å²) in [5.41, 5.74) is 6.10. The molecule has 6 nitrogen and oxygen atoms in total. The quantitative estimate of drug-likeness (QED) is 0.851. The molecule has 1 aliphatic rings. The molecule has 1 aliphatic carbocycles. The van der Waals surface area contributed by atoms with Crippen molar-refractivity contribution in [3.8, 4) is 0 Å². The van der Waals surface area contributed by atoms with Gasteiger partial charge in [-0.1, -0.05) is 11.3 Å². The first-order valence-electron chi connectivity index (χ1n) is 5.25. The van der Waals surface area contributed by atoms with E-state index in [9.17, 15) is 0 Å². The Morgan fingerprint density at radius 2 is 2.38 bits per heavy atom. The monoisotopic (exact) mass is 239 g/mol. The molecule has 0 aliphatic heterocycles. The number of nitrogens with two attached hydrogens (primary N) is 1. The number of rotatable bonds is 4. The maximum Gasteiger partial charge on any atom is 0.234 e. The number of hydrogen-bond donors (Lipinski definition) is 1. The van der Waals surface area contributed by atoms with Gasteiger partial charge in [-0.2, -0.15) is 9.61 Å². The molecule has 7 heteroatoms. The van der Waals surface area contributed by atoms with Crippen molar-refractivity contribution in [3.05, 3.63) is 10.8 Å². The molecule has 1 unspecified atom stereocenters. The van der Waals surface area contributed by atoms with Crippen molar-refractivity contribution >= 4 is 16.3 Å². The van der Waals surface area contributed by atoms with Gasteiger partial charge < -0.3 is 10.5 Å². The maximum atomic E-state index is 6.10. The van der Waals surface area contributed by atoms with Gasteiger partial charge in [-0.25, -0.2) is 0 Å². The average molecular weight is 239 g/mol. The second kappa shape index (κ2) is 3.76. The zero-order chi connectivity index (χ0) is 11.1. The first-order valence-corrected chi connectivity index (χ1v) is 6.07. The van der Waals surface area contributed by atoms with Crippen molar-refractivity contribution in [3.63, 3.8) is 0 Å². The van der Waals surface area contributed by atoms with Gasteiger partial charge in [-0.15, -0.1) is 10.2 Å². The molecule has 1 fully saturated rings. The van der Waals surface area contributed by atoms with E-state index in [4.69, 9.17) is 10.5 Å². The van der Waals surface area contributed by atoms with E-state index in [1.54, 1.807) is 11.6 Å². The molecule has 3 rings (SSSR count). The highest BCUT2D eigenvalue weighted by molar-refractivity contribution is 7.16. The highest BCUT2D eigenvalue weighted by Gasteiger charge is 2.32. The van der Waals surface area contributed by atoms with Gasteiger partial charge in [-0.3, -0.25) is 0 Å². The maximum absolute atomic E-state index is 6.10. The lowest BCUT2D eigenvalue weighted by Gasteiger charge is -2.03. The number of hydrogen-bond acceptors (Lipinski definition) is 6. The van der Waals surface area contributed by atoms with E-state index in [-0.39, 0.29) is 6.04 Å². The Morgan fingerprint density at radius 1 is 1.56 bits per heavy atom. The fourth-order valence-corrected chi connectivity index (χ4v) is 2.64. The number of ether oxygens (including phenoxy) is 1. The molecule has 0 spiro atoms. The van der Waals surface area contributed by atoms with Gasteiger partial charge in [0.2, 0.25) is 4.96 Å². The Labute approximate surface area is 96.4 Å². The van der Waals surface area contributed by atoms with E-state index in [0.717, 1.165) is 15.8 Å². The summed E-state index contributed by atoms with van der Waals surface area (Å²) in [5.74, 6) is 1.33. The summed E-state index contributed by atoms with van der Waals surface area (Å²) < 4.78 is 6.76. The normalized spacial score (nSPS) is 18.1. The van der Waals surface area contributed by atoms with Crippen molar-refractivity contribution < 1.29 is 4.74 Å². The molecule has 2 aromatic heterocycles. The summed E-state index contributed by atoms with van der Waals surface area (Å²) in [6, 6.07) is 0.0575. The summed E-state index contributed by atoms with van der Waals surface area (Å²) >= 11 is 1.52. The Kier molecular flexibility index (Phi) is 2.38. The van der Waals surface area contributed by atoms with Crippen LogP contribution in [0.3, 0.4) is 0 Å². The second-order valence-electron chi connectivity index (χ2n) is 4.05. The second-order valence-corrected chi connectivity index (χ2v) is 5.03. The van der Waals surface area contributed by atoms with Crippen LogP contribution in [0.2, 0.25) is 0 Å². The molecule has 0 radical (unpaired) electrons. The highest BCUT2D eigenvalue weighted by Crippen LogP contribution is 2.40. The third-order valence-electron chi connectivity index (χ3n) is 2.76. The first kappa shape index (κ1) is 10.1. The summed E-state index contributed by atoms with van der Waals surface area (Å²) in [6.07, 6.45) is 2.43. The van der Waals surface area contributed by atoms with Crippen LogP contribution in [0.5, 0.6) is 0 Å². The smallest absolute Gasteiger partial charge is 0.234 e. The average Bonchev–Trinajstić information content (AvgIpc) is 2.93. The molecule has 16 heavy (non-hydrogen) atoms. The lowest BCUT2D eigenvalue weighted by atomic mass is 10.2. The molecular formula is C9H13N5OS. The van der Waals surface area contributed by atoms with Crippen molar-refractivity contribution in [2.45, 2.75) is 25.5 Å². The van der Waals surface area contributed by atoms with Crippen LogP contribution in [0.4, 0.5) is 0 Å². The van der Waals surface area contributed by atoms with Crippen LogP contribution in [-0.2, 0) is 11.3 Å². The van der Waals surface area contributed by atoms with Crippen LogP contribution in [0, 0.1) is 5.92 Å². The van der Waals surface area contributed by atoms with E-state index in [0.29, 0.717) is 12.5 Å². The molecule has 0 amide bonds. The van der Waals surface area contributed by atoms with E-state index in [1.807, 2.05) is 0 Å². The fraction of sp³-hybridized carbons (Fsp3) is 0.667. The zero-order valence-corrected chi connectivity index (χ0v) is 9.78. The summed E-state index contributed by atoms with van der Waals surface area (Å²) in [6.45, 7) is 0.420. The van der Waals surface area contributed by atoms with Crippen LogP contribution in [0.1, 0.15) is 29.7 Å². The van der Waals surface area contributed by atoms with Gasteiger partial charge in [0.05, 0.1) is 6.04 Å². The summed E-state index contributed by atoms with van der Waals surface area (Å²) in [7, 11) is 1.63.